The largest absolute Gasteiger partial charge is 0.456 e. The first-order valence-corrected chi connectivity index (χ1v) is 12.9. The fraction of sp³-hybridized carbons (Fsp3) is 0. The third-order valence-corrected chi connectivity index (χ3v) is 7.88. The van der Waals surface area contributed by atoms with Crippen molar-refractivity contribution in [3.8, 4) is 22.3 Å². The second-order valence-corrected chi connectivity index (χ2v) is 9.93. The summed E-state index contributed by atoms with van der Waals surface area (Å²) in [6.45, 7) is 0. The van der Waals surface area contributed by atoms with Gasteiger partial charge in [0.1, 0.15) is 11.2 Å². The van der Waals surface area contributed by atoms with Crippen LogP contribution in [-0.2, 0) is 0 Å². The minimum absolute atomic E-state index is 0.0459. The van der Waals surface area contributed by atoms with Crippen molar-refractivity contribution >= 4 is 65.0 Å². The van der Waals surface area contributed by atoms with Gasteiger partial charge < -0.3 is 4.42 Å². The Morgan fingerprint density at radius 2 is 1.13 bits per heavy atom. The van der Waals surface area contributed by atoms with Crippen LogP contribution in [0.15, 0.2) is 138 Å². The highest BCUT2D eigenvalue weighted by Crippen LogP contribution is 2.44. The second kappa shape index (κ2) is 7.69. The lowest BCUT2D eigenvalue weighted by atomic mass is 9.86. The summed E-state index contributed by atoms with van der Waals surface area (Å²) in [5, 5.41) is 7.87. The Hall–Kier alpha value is -5.14. The first kappa shape index (κ1) is 15.3. The highest BCUT2D eigenvalue weighted by Gasteiger charge is 2.18. The zero-order valence-corrected chi connectivity index (χ0v) is 20.6. The molecule has 0 spiro atoms. The number of rotatable bonds is 2. The van der Waals surface area contributed by atoms with E-state index >= 15 is 0 Å². The van der Waals surface area contributed by atoms with Crippen LogP contribution in [0.2, 0.25) is 0 Å². The van der Waals surface area contributed by atoms with E-state index in [1.807, 2.05) is 54.6 Å². The van der Waals surface area contributed by atoms with E-state index in [1.54, 1.807) is 0 Å². The predicted molar refractivity (Wildman–Crippen MR) is 166 cm³/mol. The summed E-state index contributed by atoms with van der Waals surface area (Å²) in [4.78, 5) is 0. The average molecular weight is 502 g/mol. The van der Waals surface area contributed by atoms with Crippen molar-refractivity contribution in [1.82, 2.24) is 0 Å². The smallest absolute Gasteiger partial charge is 0.136 e. The Labute approximate surface area is 234 Å². The van der Waals surface area contributed by atoms with Crippen LogP contribution in [0, 0.1) is 0 Å². The highest BCUT2D eigenvalue weighted by atomic mass is 16.3. The normalized spacial score (nSPS) is 14.6. The predicted octanol–water partition coefficient (Wildman–Crippen LogP) is 11.0. The van der Waals surface area contributed by atoms with E-state index in [0.717, 1.165) is 65.4 Å². The van der Waals surface area contributed by atoms with Crippen molar-refractivity contribution in [2.45, 2.75) is 0 Å². The molecule has 9 rings (SSSR count). The number of furan rings is 1. The van der Waals surface area contributed by atoms with Gasteiger partial charge in [-0.3, -0.25) is 0 Å². The molecule has 0 saturated carbocycles. The summed E-state index contributed by atoms with van der Waals surface area (Å²) in [7, 11) is 0. The Balaban J connectivity index is 1.38. The van der Waals surface area contributed by atoms with E-state index in [-0.39, 0.29) is 40.5 Å². The van der Waals surface area contributed by atoms with E-state index in [1.165, 1.54) is 0 Å². The summed E-state index contributed by atoms with van der Waals surface area (Å²) in [5.74, 6) is 0. The molecule has 1 nitrogen and oxygen atoms in total. The van der Waals surface area contributed by atoms with Gasteiger partial charge >= 0.3 is 0 Å². The van der Waals surface area contributed by atoms with Crippen LogP contribution in [0.1, 0.15) is 9.60 Å². The third-order valence-electron chi connectivity index (χ3n) is 7.88. The SMILES string of the molecule is [2H]c1c([2H])c([2H])c2c([2H])c(-c3ccc4ccc5c(-c6cccc7oc8ccccc8c67)ccc6ccc3c4c65)c([2H])c([2H])c2c1[2H]. The standard InChI is InChI=1S/C38H22O/c1-2-7-26-22-27(13-12-23(26)6-1)28-18-14-24-17-21-32-29(19-15-25-16-20-31(28)36(24)37(25)32)30-9-5-11-35-38(30)33-8-3-4-10-34(33)39-35/h1-22H/i1D,2D,6D,7D,12D,13D,22D. The first-order chi connectivity index (χ1) is 22.3. The molecule has 0 aliphatic carbocycles. The second-order valence-electron chi connectivity index (χ2n) is 9.93. The van der Waals surface area contributed by atoms with Crippen molar-refractivity contribution in [3.05, 3.63) is 133 Å². The summed E-state index contributed by atoms with van der Waals surface area (Å²) < 4.78 is 66.4. The van der Waals surface area contributed by atoms with Crippen LogP contribution in [0.3, 0.4) is 0 Å². The summed E-state index contributed by atoms with van der Waals surface area (Å²) >= 11 is 0. The van der Waals surface area contributed by atoms with Gasteiger partial charge in [0, 0.05) is 10.8 Å². The van der Waals surface area contributed by atoms with Crippen molar-refractivity contribution in [1.29, 1.82) is 0 Å². The van der Waals surface area contributed by atoms with Crippen molar-refractivity contribution < 1.29 is 14.0 Å². The molecule has 0 atom stereocenters. The van der Waals surface area contributed by atoms with E-state index in [9.17, 15) is 0 Å². The van der Waals surface area contributed by atoms with E-state index < -0.39 is 18.1 Å². The van der Waals surface area contributed by atoms with Gasteiger partial charge in [-0.2, -0.15) is 0 Å². The molecule has 9 aromatic rings. The van der Waals surface area contributed by atoms with Crippen LogP contribution < -0.4 is 0 Å². The molecule has 0 radical (unpaired) electrons. The molecule has 1 aromatic heterocycles. The molecule has 0 saturated heterocycles. The van der Waals surface area contributed by atoms with Crippen LogP contribution in [0.25, 0.3) is 87.3 Å². The van der Waals surface area contributed by atoms with Gasteiger partial charge in [-0.25, -0.2) is 0 Å². The molecular weight excluding hydrogens is 472 g/mol. The maximum atomic E-state index is 9.17. The molecular formula is C38H22O. The zero-order valence-electron chi connectivity index (χ0n) is 27.6. The Kier molecular flexibility index (Phi) is 3.02. The minimum Gasteiger partial charge on any atom is -0.456 e. The molecule has 180 valence electrons. The molecule has 8 aromatic carbocycles. The quantitative estimate of drug-likeness (QED) is 0.215. The molecule has 1 heteroatoms. The lowest BCUT2D eigenvalue weighted by Gasteiger charge is -2.17. The first-order valence-electron chi connectivity index (χ1n) is 16.4. The van der Waals surface area contributed by atoms with Crippen LogP contribution in [0.4, 0.5) is 0 Å². The van der Waals surface area contributed by atoms with E-state index in [4.69, 9.17) is 14.0 Å². The lowest BCUT2D eigenvalue weighted by Crippen LogP contribution is -1.90. The minimum atomic E-state index is -0.477. The third kappa shape index (κ3) is 2.90. The summed E-state index contributed by atoms with van der Waals surface area (Å²) in [6.07, 6.45) is 0. The van der Waals surface area contributed by atoms with Crippen LogP contribution in [-0.4, -0.2) is 0 Å². The molecule has 39 heavy (non-hydrogen) atoms. The molecule has 0 unspecified atom stereocenters. The maximum absolute atomic E-state index is 9.17. The number of para-hydroxylation sites is 1. The molecule has 0 fully saturated rings. The van der Waals surface area contributed by atoms with E-state index in [0.29, 0.717) is 5.56 Å². The van der Waals surface area contributed by atoms with Gasteiger partial charge in [-0.1, -0.05) is 115 Å². The van der Waals surface area contributed by atoms with Gasteiger partial charge in [0.05, 0.1) is 9.60 Å². The maximum Gasteiger partial charge on any atom is 0.136 e. The molecule has 1 heterocycles. The topological polar surface area (TPSA) is 13.1 Å². The fourth-order valence-electron chi connectivity index (χ4n) is 6.17. The van der Waals surface area contributed by atoms with E-state index in [2.05, 4.69) is 36.4 Å². The highest BCUT2D eigenvalue weighted by molar-refractivity contribution is 6.28. The number of hydrogen-bond donors (Lipinski definition) is 0. The van der Waals surface area contributed by atoms with Crippen molar-refractivity contribution in [2.75, 3.05) is 0 Å². The number of benzene rings is 8. The summed E-state index contributed by atoms with van der Waals surface area (Å²) in [5.41, 5.74) is 4.52. The summed E-state index contributed by atoms with van der Waals surface area (Å²) in [6, 6.07) is 28.0. The lowest BCUT2D eigenvalue weighted by molar-refractivity contribution is 0.669. The van der Waals surface area contributed by atoms with Gasteiger partial charge in [0.25, 0.3) is 0 Å². The van der Waals surface area contributed by atoms with Gasteiger partial charge in [-0.05, 0) is 83.5 Å². The molecule has 0 aliphatic heterocycles. The number of fused-ring (bicyclic) bond motifs is 4. The van der Waals surface area contributed by atoms with Gasteiger partial charge in [0.15, 0.2) is 0 Å². The Bertz CT molecular complexity index is 2780. The van der Waals surface area contributed by atoms with Crippen molar-refractivity contribution in [3.63, 3.8) is 0 Å². The monoisotopic (exact) mass is 501 g/mol. The van der Waals surface area contributed by atoms with Crippen LogP contribution >= 0.6 is 0 Å². The molecule has 0 N–H and O–H groups in total. The average Bonchev–Trinajstić information content (AvgIpc) is 3.46. The molecule has 0 aliphatic rings. The molecule has 0 bridgehead atoms. The zero-order chi connectivity index (χ0) is 31.6. The van der Waals surface area contributed by atoms with Crippen LogP contribution in [0.5, 0.6) is 0 Å². The fourth-order valence-corrected chi connectivity index (χ4v) is 6.17. The Morgan fingerprint density at radius 1 is 0.436 bits per heavy atom. The number of hydrogen-bond acceptors (Lipinski definition) is 1. The molecule has 0 amide bonds. The van der Waals surface area contributed by atoms with Gasteiger partial charge in [-0.15, -0.1) is 0 Å². The Morgan fingerprint density at radius 3 is 1.97 bits per heavy atom. The van der Waals surface area contributed by atoms with Gasteiger partial charge in [0.2, 0.25) is 0 Å². The van der Waals surface area contributed by atoms with Crippen molar-refractivity contribution in [2.24, 2.45) is 0 Å².